The number of rotatable bonds is 5. The van der Waals surface area contributed by atoms with E-state index in [0.717, 1.165) is 32.8 Å². The van der Waals surface area contributed by atoms with Crippen molar-refractivity contribution in [3.05, 3.63) is 0 Å². The molecule has 1 heterocycles. The van der Waals surface area contributed by atoms with E-state index in [-0.39, 0.29) is 6.10 Å². The molecule has 0 aliphatic carbocycles. The first-order valence-corrected chi connectivity index (χ1v) is 5.26. The van der Waals surface area contributed by atoms with E-state index in [2.05, 4.69) is 24.2 Å². The Morgan fingerprint density at radius 1 is 1.64 bits per heavy atom. The summed E-state index contributed by atoms with van der Waals surface area (Å²) in [5, 5.41) is 3.32. The number of morpholine rings is 1. The standard InChI is InChI=1S/C10H22N2O2/c1-9(13-3)7-12(2)8-10-6-11-4-5-14-10/h9-11H,4-8H2,1-3H3. The van der Waals surface area contributed by atoms with Crippen LogP contribution in [-0.4, -0.2) is 64.1 Å². The van der Waals surface area contributed by atoms with Gasteiger partial charge in [0.05, 0.1) is 18.8 Å². The second-order valence-electron chi connectivity index (χ2n) is 3.96. The largest absolute Gasteiger partial charge is 0.380 e. The van der Waals surface area contributed by atoms with Gasteiger partial charge in [0.2, 0.25) is 0 Å². The summed E-state index contributed by atoms with van der Waals surface area (Å²) in [7, 11) is 3.85. The first-order chi connectivity index (χ1) is 6.72. The maximum atomic E-state index is 5.62. The van der Waals surface area contributed by atoms with Gasteiger partial charge in [-0.25, -0.2) is 0 Å². The predicted molar refractivity (Wildman–Crippen MR) is 56.6 cm³/mol. The fraction of sp³-hybridized carbons (Fsp3) is 1.00. The fourth-order valence-electron chi connectivity index (χ4n) is 1.67. The average molecular weight is 202 g/mol. The Labute approximate surface area is 86.6 Å². The van der Waals surface area contributed by atoms with Crippen LogP contribution in [0.15, 0.2) is 0 Å². The van der Waals surface area contributed by atoms with Crippen molar-refractivity contribution in [2.45, 2.75) is 19.1 Å². The van der Waals surface area contributed by atoms with E-state index in [0.29, 0.717) is 6.10 Å². The molecule has 1 fully saturated rings. The second kappa shape index (κ2) is 6.35. The quantitative estimate of drug-likeness (QED) is 0.677. The zero-order valence-electron chi connectivity index (χ0n) is 9.45. The molecular weight excluding hydrogens is 180 g/mol. The molecule has 2 atom stereocenters. The highest BCUT2D eigenvalue weighted by Crippen LogP contribution is 2.00. The first-order valence-electron chi connectivity index (χ1n) is 5.26. The molecule has 0 aromatic carbocycles. The van der Waals surface area contributed by atoms with E-state index >= 15 is 0 Å². The van der Waals surface area contributed by atoms with Crippen LogP contribution < -0.4 is 5.32 Å². The summed E-state index contributed by atoms with van der Waals surface area (Å²) in [6.07, 6.45) is 0.620. The highest BCUT2D eigenvalue weighted by molar-refractivity contribution is 4.71. The van der Waals surface area contributed by atoms with Gasteiger partial charge in [-0.05, 0) is 14.0 Å². The first kappa shape index (κ1) is 11.9. The van der Waals surface area contributed by atoms with Gasteiger partial charge in [0.1, 0.15) is 0 Å². The van der Waals surface area contributed by atoms with E-state index < -0.39 is 0 Å². The molecule has 0 amide bonds. The van der Waals surface area contributed by atoms with Crippen molar-refractivity contribution in [3.63, 3.8) is 0 Å². The number of likely N-dealkylation sites (N-methyl/N-ethyl adjacent to an activating group) is 1. The van der Waals surface area contributed by atoms with Crippen molar-refractivity contribution in [3.8, 4) is 0 Å². The van der Waals surface area contributed by atoms with Crippen molar-refractivity contribution >= 4 is 0 Å². The lowest BCUT2D eigenvalue weighted by molar-refractivity contribution is 0.000189. The molecule has 1 saturated heterocycles. The van der Waals surface area contributed by atoms with Gasteiger partial charge in [-0.15, -0.1) is 0 Å². The Kier molecular flexibility index (Phi) is 5.40. The number of hydrogen-bond acceptors (Lipinski definition) is 4. The maximum absolute atomic E-state index is 5.62. The van der Waals surface area contributed by atoms with Gasteiger partial charge in [0.25, 0.3) is 0 Å². The Hall–Kier alpha value is -0.160. The Morgan fingerprint density at radius 3 is 3.00 bits per heavy atom. The third-order valence-corrected chi connectivity index (χ3v) is 2.49. The monoisotopic (exact) mass is 202 g/mol. The molecule has 14 heavy (non-hydrogen) atoms. The van der Waals surface area contributed by atoms with Crippen LogP contribution in [0.3, 0.4) is 0 Å². The molecule has 0 aromatic heterocycles. The normalized spacial score (nSPS) is 25.3. The van der Waals surface area contributed by atoms with E-state index in [1.165, 1.54) is 0 Å². The molecule has 4 heteroatoms. The molecule has 0 aromatic rings. The van der Waals surface area contributed by atoms with E-state index in [1.54, 1.807) is 7.11 Å². The Morgan fingerprint density at radius 2 is 2.43 bits per heavy atom. The van der Waals surface area contributed by atoms with Gasteiger partial charge >= 0.3 is 0 Å². The van der Waals surface area contributed by atoms with Gasteiger partial charge in [-0.2, -0.15) is 0 Å². The van der Waals surface area contributed by atoms with Crippen LogP contribution in [0, 0.1) is 0 Å². The van der Waals surface area contributed by atoms with Gasteiger partial charge in [0.15, 0.2) is 0 Å². The third kappa shape index (κ3) is 4.37. The lowest BCUT2D eigenvalue weighted by Gasteiger charge is -2.29. The zero-order valence-corrected chi connectivity index (χ0v) is 9.45. The number of ether oxygens (including phenoxy) is 2. The van der Waals surface area contributed by atoms with Crippen LogP contribution >= 0.6 is 0 Å². The number of nitrogens with one attached hydrogen (secondary N) is 1. The van der Waals surface area contributed by atoms with Gasteiger partial charge < -0.3 is 19.7 Å². The minimum absolute atomic E-state index is 0.288. The summed E-state index contributed by atoms with van der Waals surface area (Å²) in [4.78, 5) is 2.26. The zero-order chi connectivity index (χ0) is 10.4. The predicted octanol–water partition coefficient (Wildman–Crippen LogP) is -0.0585. The van der Waals surface area contributed by atoms with Crippen LogP contribution in [-0.2, 0) is 9.47 Å². The topological polar surface area (TPSA) is 33.7 Å². The summed E-state index contributed by atoms with van der Waals surface area (Å²) in [5.41, 5.74) is 0. The Bertz CT molecular complexity index is 149. The molecule has 0 spiro atoms. The summed E-state index contributed by atoms with van der Waals surface area (Å²) < 4.78 is 10.8. The summed E-state index contributed by atoms with van der Waals surface area (Å²) >= 11 is 0. The summed E-state index contributed by atoms with van der Waals surface area (Å²) in [6, 6.07) is 0. The molecule has 0 bridgehead atoms. The van der Waals surface area contributed by atoms with Crippen LogP contribution in [0.2, 0.25) is 0 Å². The summed E-state index contributed by atoms with van der Waals surface area (Å²) in [6.45, 7) is 6.78. The molecule has 1 N–H and O–H groups in total. The molecular formula is C10H22N2O2. The highest BCUT2D eigenvalue weighted by Gasteiger charge is 2.16. The molecule has 1 rings (SSSR count). The summed E-state index contributed by atoms with van der Waals surface area (Å²) in [5.74, 6) is 0. The smallest absolute Gasteiger partial charge is 0.0826 e. The van der Waals surface area contributed by atoms with E-state index in [9.17, 15) is 0 Å². The number of nitrogens with zero attached hydrogens (tertiary/aromatic N) is 1. The molecule has 0 radical (unpaired) electrons. The molecule has 2 unspecified atom stereocenters. The van der Waals surface area contributed by atoms with Gasteiger partial charge in [0, 0.05) is 33.3 Å². The van der Waals surface area contributed by atoms with Crippen LogP contribution in [0.4, 0.5) is 0 Å². The van der Waals surface area contributed by atoms with Gasteiger partial charge in [-0.3, -0.25) is 0 Å². The number of methoxy groups -OCH3 is 1. The van der Waals surface area contributed by atoms with E-state index in [1.807, 2.05) is 0 Å². The van der Waals surface area contributed by atoms with Crippen LogP contribution in [0.25, 0.3) is 0 Å². The highest BCUT2D eigenvalue weighted by atomic mass is 16.5. The van der Waals surface area contributed by atoms with Crippen LogP contribution in [0.1, 0.15) is 6.92 Å². The molecule has 1 aliphatic rings. The minimum Gasteiger partial charge on any atom is -0.380 e. The SMILES string of the molecule is COC(C)CN(C)CC1CNCCO1. The molecule has 0 saturated carbocycles. The Balaban J connectivity index is 2.14. The molecule has 1 aliphatic heterocycles. The van der Waals surface area contributed by atoms with Crippen molar-refractivity contribution in [2.75, 3.05) is 46.9 Å². The lowest BCUT2D eigenvalue weighted by Crippen LogP contribution is -2.45. The number of hydrogen-bond donors (Lipinski definition) is 1. The maximum Gasteiger partial charge on any atom is 0.0826 e. The molecule has 84 valence electrons. The minimum atomic E-state index is 0.288. The average Bonchev–Trinajstić information content (AvgIpc) is 2.19. The van der Waals surface area contributed by atoms with Crippen molar-refractivity contribution < 1.29 is 9.47 Å². The van der Waals surface area contributed by atoms with Crippen molar-refractivity contribution in [1.29, 1.82) is 0 Å². The van der Waals surface area contributed by atoms with Crippen LogP contribution in [0.5, 0.6) is 0 Å². The second-order valence-corrected chi connectivity index (χ2v) is 3.96. The molecule has 4 nitrogen and oxygen atoms in total. The van der Waals surface area contributed by atoms with E-state index in [4.69, 9.17) is 9.47 Å². The van der Waals surface area contributed by atoms with Gasteiger partial charge in [-0.1, -0.05) is 0 Å². The lowest BCUT2D eigenvalue weighted by atomic mass is 10.2. The van der Waals surface area contributed by atoms with Crippen molar-refractivity contribution in [2.24, 2.45) is 0 Å². The van der Waals surface area contributed by atoms with Crippen molar-refractivity contribution in [1.82, 2.24) is 10.2 Å². The fourth-order valence-corrected chi connectivity index (χ4v) is 1.67. The third-order valence-electron chi connectivity index (χ3n) is 2.49.